The van der Waals surface area contributed by atoms with Crippen LogP contribution in [0.2, 0.25) is 0 Å². The first-order valence-corrected chi connectivity index (χ1v) is 8.92. The highest BCUT2D eigenvalue weighted by molar-refractivity contribution is 14.0. The number of fused-ring (bicyclic) bond motifs is 1. The van der Waals surface area contributed by atoms with Crippen LogP contribution >= 0.6 is 24.0 Å². The molecule has 1 aromatic carbocycles. The third-order valence-corrected chi connectivity index (χ3v) is 4.88. The third kappa shape index (κ3) is 4.19. The number of rotatable bonds is 3. The molecule has 0 bridgehead atoms. The SMILES string of the molecule is CN=C(NCCN1C(=O)c2ccccc2C1=O)N1CC(C)CC(C)C1.I. The van der Waals surface area contributed by atoms with Crippen molar-refractivity contribution in [1.82, 2.24) is 15.1 Å². The molecule has 2 atom stereocenters. The molecule has 3 rings (SSSR count). The van der Waals surface area contributed by atoms with Gasteiger partial charge >= 0.3 is 0 Å². The zero-order valence-corrected chi connectivity index (χ0v) is 17.9. The van der Waals surface area contributed by atoms with E-state index in [-0.39, 0.29) is 35.8 Å². The van der Waals surface area contributed by atoms with Crippen molar-refractivity contribution in [2.45, 2.75) is 20.3 Å². The number of aliphatic imine (C=N–C) groups is 1. The van der Waals surface area contributed by atoms with Gasteiger partial charge in [-0.3, -0.25) is 19.5 Å². The molecule has 0 spiro atoms. The number of nitrogens with zero attached hydrogens (tertiary/aromatic N) is 3. The fourth-order valence-corrected chi connectivity index (χ4v) is 3.89. The van der Waals surface area contributed by atoms with Gasteiger partial charge in [0.05, 0.1) is 11.1 Å². The summed E-state index contributed by atoms with van der Waals surface area (Å²) in [5, 5.41) is 3.30. The average molecular weight is 470 g/mol. The number of hydrogen-bond donors (Lipinski definition) is 1. The second kappa shape index (κ2) is 8.83. The number of nitrogens with one attached hydrogen (secondary N) is 1. The molecule has 0 radical (unpaired) electrons. The number of halogens is 1. The molecule has 1 fully saturated rings. The van der Waals surface area contributed by atoms with E-state index in [0.717, 1.165) is 19.0 Å². The minimum atomic E-state index is -0.211. The molecular formula is C19H27IN4O2. The normalized spacial score (nSPS) is 23.0. The van der Waals surface area contributed by atoms with Crippen molar-refractivity contribution < 1.29 is 9.59 Å². The molecule has 0 saturated carbocycles. The predicted octanol–water partition coefficient (Wildman–Crippen LogP) is 2.45. The first-order chi connectivity index (χ1) is 12.0. The molecule has 2 aliphatic heterocycles. The summed E-state index contributed by atoms with van der Waals surface area (Å²) in [7, 11) is 1.77. The van der Waals surface area contributed by atoms with E-state index >= 15 is 0 Å². The Morgan fingerprint density at radius 2 is 1.65 bits per heavy atom. The van der Waals surface area contributed by atoms with Gasteiger partial charge in [0, 0.05) is 33.2 Å². The zero-order valence-electron chi connectivity index (χ0n) is 15.6. The number of benzene rings is 1. The van der Waals surface area contributed by atoms with E-state index in [0.29, 0.717) is 36.1 Å². The van der Waals surface area contributed by atoms with Gasteiger partial charge in [0.1, 0.15) is 0 Å². The third-order valence-electron chi connectivity index (χ3n) is 4.88. The Kier molecular flexibility index (Phi) is 7.02. The molecule has 7 heteroatoms. The number of amides is 2. The maximum Gasteiger partial charge on any atom is 0.261 e. The van der Waals surface area contributed by atoms with E-state index in [1.54, 1.807) is 31.3 Å². The summed E-state index contributed by atoms with van der Waals surface area (Å²) in [5.41, 5.74) is 0.992. The molecule has 26 heavy (non-hydrogen) atoms. The van der Waals surface area contributed by atoms with Gasteiger partial charge in [-0.2, -0.15) is 0 Å². The maximum atomic E-state index is 12.4. The number of piperidine rings is 1. The van der Waals surface area contributed by atoms with E-state index in [2.05, 4.69) is 29.1 Å². The molecule has 142 valence electrons. The highest BCUT2D eigenvalue weighted by Crippen LogP contribution is 2.22. The lowest BCUT2D eigenvalue weighted by Gasteiger charge is -2.37. The Hall–Kier alpha value is -1.64. The van der Waals surface area contributed by atoms with Crippen molar-refractivity contribution in [3.63, 3.8) is 0 Å². The summed E-state index contributed by atoms with van der Waals surface area (Å²) >= 11 is 0. The number of guanidine groups is 1. The van der Waals surface area contributed by atoms with Crippen LogP contribution in [0.15, 0.2) is 29.3 Å². The Bertz CT molecular complexity index is 662. The van der Waals surface area contributed by atoms with Crippen molar-refractivity contribution >= 4 is 41.8 Å². The second-order valence-electron chi connectivity index (χ2n) is 7.13. The van der Waals surface area contributed by atoms with Crippen molar-refractivity contribution in [3.8, 4) is 0 Å². The molecule has 2 amide bonds. The lowest BCUT2D eigenvalue weighted by atomic mass is 9.92. The summed E-state index contributed by atoms with van der Waals surface area (Å²) in [6.45, 7) is 7.32. The van der Waals surface area contributed by atoms with Crippen LogP contribution in [0.25, 0.3) is 0 Å². The summed E-state index contributed by atoms with van der Waals surface area (Å²) in [4.78, 5) is 32.7. The largest absolute Gasteiger partial charge is 0.354 e. The molecule has 0 aliphatic carbocycles. The van der Waals surface area contributed by atoms with Gasteiger partial charge in [-0.1, -0.05) is 26.0 Å². The van der Waals surface area contributed by atoms with Crippen LogP contribution in [0.5, 0.6) is 0 Å². The second-order valence-corrected chi connectivity index (χ2v) is 7.13. The van der Waals surface area contributed by atoms with Crippen LogP contribution in [0.3, 0.4) is 0 Å². The monoisotopic (exact) mass is 470 g/mol. The van der Waals surface area contributed by atoms with Crippen molar-refractivity contribution in [3.05, 3.63) is 35.4 Å². The van der Waals surface area contributed by atoms with Crippen LogP contribution in [0.4, 0.5) is 0 Å². The van der Waals surface area contributed by atoms with Gasteiger partial charge in [0.15, 0.2) is 5.96 Å². The van der Waals surface area contributed by atoms with Gasteiger partial charge in [-0.05, 0) is 30.4 Å². The van der Waals surface area contributed by atoms with E-state index in [1.165, 1.54) is 11.3 Å². The summed E-state index contributed by atoms with van der Waals surface area (Å²) in [6, 6.07) is 6.98. The topological polar surface area (TPSA) is 65.0 Å². The minimum Gasteiger partial charge on any atom is -0.354 e. The highest BCUT2D eigenvalue weighted by Gasteiger charge is 2.34. The zero-order chi connectivity index (χ0) is 18.0. The van der Waals surface area contributed by atoms with Crippen molar-refractivity contribution in [1.29, 1.82) is 0 Å². The summed E-state index contributed by atoms with van der Waals surface area (Å²) in [6.07, 6.45) is 1.24. The smallest absolute Gasteiger partial charge is 0.261 e. The number of carbonyl (C=O) groups excluding carboxylic acids is 2. The van der Waals surface area contributed by atoms with Gasteiger partial charge < -0.3 is 10.2 Å². The minimum absolute atomic E-state index is 0. The molecule has 2 unspecified atom stereocenters. The lowest BCUT2D eigenvalue weighted by Crippen LogP contribution is -2.50. The first kappa shape index (κ1) is 20.7. The van der Waals surface area contributed by atoms with E-state index in [9.17, 15) is 9.59 Å². The van der Waals surface area contributed by atoms with Crippen LogP contribution in [-0.2, 0) is 0 Å². The Balaban J connectivity index is 0.00000243. The van der Waals surface area contributed by atoms with Crippen LogP contribution < -0.4 is 5.32 Å². The molecule has 1 saturated heterocycles. The van der Waals surface area contributed by atoms with Gasteiger partial charge in [-0.15, -0.1) is 24.0 Å². The average Bonchev–Trinajstić information content (AvgIpc) is 2.83. The van der Waals surface area contributed by atoms with Crippen LogP contribution in [0.1, 0.15) is 41.0 Å². The van der Waals surface area contributed by atoms with Crippen LogP contribution in [0, 0.1) is 11.8 Å². The van der Waals surface area contributed by atoms with E-state index in [1.807, 2.05) is 0 Å². The van der Waals surface area contributed by atoms with Gasteiger partial charge in [0.25, 0.3) is 11.8 Å². The number of carbonyl (C=O) groups is 2. The Morgan fingerprint density at radius 1 is 1.12 bits per heavy atom. The number of likely N-dealkylation sites (tertiary alicyclic amines) is 1. The first-order valence-electron chi connectivity index (χ1n) is 8.92. The molecule has 6 nitrogen and oxygen atoms in total. The molecule has 1 N–H and O–H groups in total. The van der Waals surface area contributed by atoms with E-state index in [4.69, 9.17) is 0 Å². The molecule has 0 aromatic heterocycles. The summed E-state index contributed by atoms with van der Waals surface area (Å²) in [5.74, 6) is 1.70. The number of imide groups is 1. The standard InChI is InChI=1S/C19H26N4O2.HI/c1-13-10-14(2)12-22(11-13)19(20-3)21-8-9-23-17(24)15-6-4-5-7-16(15)18(23)25;/h4-7,13-14H,8-12H2,1-3H3,(H,20,21);1H. The fraction of sp³-hybridized carbons (Fsp3) is 0.526. The fourth-order valence-electron chi connectivity index (χ4n) is 3.89. The molecule has 2 heterocycles. The van der Waals surface area contributed by atoms with Gasteiger partial charge in [-0.25, -0.2) is 0 Å². The molecular weight excluding hydrogens is 443 g/mol. The van der Waals surface area contributed by atoms with Gasteiger partial charge in [0.2, 0.25) is 0 Å². The summed E-state index contributed by atoms with van der Waals surface area (Å²) < 4.78 is 0. The van der Waals surface area contributed by atoms with E-state index < -0.39 is 0 Å². The molecule has 2 aliphatic rings. The Labute approximate surface area is 172 Å². The quantitative estimate of drug-likeness (QED) is 0.319. The lowest BCUT2D eigenvalue weighted by molar-refractivity contribution is 0.0657. The predicted molar refractivity (Wildman–Crippen MR) is 113 cm³/mol. The number of hydrogen-bond acceptors (Lipinski definition) is 3. The maximum absolute atomic E-state index is 12.4. The Morgan fingerprint density at radius 3 is 2.15 bits per heavy atom. The van der Waals surface area contributed by atoms with Crippen molar-refractivity contribution in [2.24, 2.45) is 16.8 Å². The molecule has 1 aromatic rings. The highest BCUT2D eigenvalue weighted by atomic mass is 127. The van der Waals surface area contributed by atoms with Crippen molar-refractivity contribution in [2.75, 3.05) is 33.2 Å². The van der Waals surface area contributed by atoms with Crippen LogP contribution in [-0.4, -0.2) is 60.8 Å².